The number of aryl methyl sites for hydroxylation is 1. The fourth-order valence-electron chi connectivity index (χ4n) is 4.29. The third-order valence-electron chi connectivity index (χ3n) is 5.91. The van der Waals surface area contributed by atoms with Crippen molar-refractivity contribution in [2.24, 2.45) is 0 Å². The second-order valence-electron chi connectivity index (χ2n) is 8.46. The lowest BCUT2D eigenvalue weighted by molar-refractivity contribution is -0.141. The molecule has 0 aliphatic heterocycles. The summed E-state index contributed by atoms with van der Waals surface area (Å²) in [6.07, 6.45) is 0.0631. The summed E-state index contributed by atoms with van der Waals surface area (Å²) in [7, 11) is 0. The van der Waals surface area contributed by atoms with Crippen LogP contribution in [0.5, 0.6) is 0 Å². The van der Waals surface area contributed by atoms with Gasteiger partial charge in [-0.1, -0.05) is 30.3 Å². The van der Waals surface area contributed by atoms with Gasteiger partial charge in [0.1, 0.15) is 12.4 Å². The number of fused-ring (bicyclic) bond motifs is 3. The van der Waals surface area contributed by atoms with Crippen molar-refractivity contribution < 1.29 is 19.1 Å². The zero-order valence-corrected chi connectivity index (χ0v) is 19.5. The van der Waals surface area contributed by atoms with E-state index in [1.54, 1.807) is 0 Å². The maximum absolute atomic E-state index is 13.3. The molecule has 34 heavy (non-hydrogen) atoms. The van der Waals surface area contributed by atoms with Gasteiger partial charge in [0, 0.05) is 52.0 Å². The average molecular weight is 455 g/mol. The second kappa shape index (κ2) is 9.43. The summed E-state index contributed by atoms with van der Waals surface area (Å²) < 4.78 is 7.22. The van der Waals surface area contributed by atoms with Gasteiger partial charge in [0.2, 0.25) is 0 Å². The summed E-state index contributed by atoms with van der Waals surface area (Å²) in [5.74, 6) is -0.465. The van der Waals surface area contributed by atoms with E-state index in [-0.39, 0.29) is 36.3 Å². The van der Waals surface area contributed by atoms with Gasteiger partial charge in [-0.3, -0.25) is 14.4 Å². The first kappa shape index (κ1) is 23.1. The summed E-state index contributed by atoms with van der Waals surface area (Å²) in [5.41, 5.74) is 4.87. The van der Waals surface area contributed by atoms with Gasteiger partial charge >= 0.3 is 5.97 Å². The highest BCUT2D eigenvalue weighted by atomic mass is 16.5. The predicted molar refractivity (Wildman–Crippen MR) is 133 cm³/mol. The van der Waals surface area contributed by atoms with Gasteiger partial charge in [-0.05, 0) is 55.3 Å². The predicted octanol–water partition coefficient (Wildman–Crippen LogP) is 5.24. The minimum Gasteiger partial charge on any atom is -0.464 e. The molecule has 0 amide bonds. The Morgan fingerprint density at radius 1 is 0.882 bits per heavy atom. The van der Waals surface area contributed by atoms with Crippen molar-refractivity contribution in [1.29, 1.82) is 5.41 Å². The quantitative estimate of drug-likeness (QED) is 0.224. The molecule has 6 heteroatoms. The lowest BCUT2D eigenvalue weighted by Gasteiger charge is -2.09. The smallest absolute Gasteiger partial charge is 0.302 e. The number of nitrogens with one attached hydrogen (secondary N) is 1. The van der Waals surface area contributed by atoms with E-state index in [4.69, 9.17) is 10.1 Å². The standard InChI is InChI=1S/C28H26N2O4/c1-17-6-4-5-7-22(17)28(33)21-9-11-27-24(16-21)23-15-20(25(29)14-18(2)31)8-10-26(23)30(27)12-13-34-19(3)32/h4-11,15-16,29H,12-14H2,1-3H3. The second-order valence-corrected chi connectivity index (χ2v) is 8.46. The number of carbonyl (C=O) groups is 3. The van der Waals surface area contributed by atoms with Crippen molar-refractivity contribution >= 4 is 45.1 Å². The molecule has 1 heterocycles. The van der Waals surface area contributed by atoms with Crippen LogP contribution in [0, 0.1) is 12.3 Å². The van der Waals surface area contributed by atoms with E-state index in [2.05, 4.69) is 0 Å². The lowest BCUT2D eigenvalue weighted by Crippen LogP contribution is -2.09. The van der Waals surface area contributed by atoms with Crippen LogP contribution < -0.4 is 0 Å². The Bertz CT molecular complexity index is 1460. The van der Waals surface area contributed by atoms with E-state index < -0.39 is 0 Å². The minimum atomic E-state index is -0.341. The molecule has 4 aromatic rings. The number of ether oxygens (including phenoxy) is 1. The number of rotatable bonds is 8. The van der Waals surface area contributed by atoms with Crippen molar-refractivity contribution in [2.45, 2.75) is 33.7 Å². The first-order valence-corrected chi connectivity index (χ1v) is 11.1. The van der Waals surface area contributed by atoms with Crippen molar-refractivity contribution in [3.8, 4) is 0 Å². The highest BCUT2D eigenvalue weighted by Gasteiger charge is 2.17. The maximum Gasteiger partial charge on any atom is 0.302 e. The number of Topliss-reactive ketones (excluding diaryl/α,β-unsaturated/α-hetero) is 1. The molecule has 0 saturated carbocycles. The Hall–Kier alpha value is -4.06. The minimum absolute atomic E-state index is 0.0544. The van der Waals surface area contributed by atoms with Crippen LogP contribution in [0.15, 0.2) is 60.7 Å². The zero-order chi connectivity index (χ0) is 24.4. The molecule has 6 nitrogen and oxygen atoms in total. The molecule has 0 atom stereocenters. The Morgan fingerprint density at radius 3 is 2.12 bits per heavy atom. The normalized spacial score (nSPS) is 11.0. The molecular weight excluding hydrogens is 428 g/mol. The third kappa shape index (κ3) is 4.53. The van der Waals surface area contributed by atoms with Crippen molar-refractivity contribution in [1.82, 2.24) is 4.57 Å². The highest BCUT2D eigenvalue weighted by Crippen LogP contribution is 2.32. The molecule has 172 valence electrons. The molecule has 3 aromatic carbocycles. The molecule has 1 aromatic heterocycles. The van der Waals surface area contributed by atoms with E-state index >= 15 is 0 Å². The van der Waals surface area contributed by atoms with Gasteiger partial charge in [0.25, 0.3) is 0 Å². The summed E-state index contributed by atoms with van der Waals surface area (Å²) in [5, 5.41) is 10.1. The van der Waals surface area contributed by atoms with E-state index in [0.29, 0.717) is 23.2 Å². The van der Waals surface area contributed by atoms with Gasteiger partial charge in [-0.2, -0.15) is 0 Å². The summed E-state index contributed by atoms with van der Waals surface area (Å²) in [6, 6.07) is 18.7. The fraction of sp³-hybridized carbons (Fsp3) is 0.214. The molecule has 0 bridgehead atoms. The van der Waals surface area contributed by atoms with Crippen molar-refractivity contribution in [2.75, 3.05) is 6.61 Å². The third-order valence-corrected chi connectivity index (χ3v) is 5.91. The largest absolute Gasteiger partial charge is 0.464 e. The number of aromatic nitrogens is 1. The number of ketones is 2. The first-order valence-electron chi connectivity index (χ1n) is 11.1. The SMILES string of the molecule is CC(=O)CC(=N)c1ccc2c(c1)c1cc(C(=O)c3ccccc3C)ccc1n2CCOC(C)=O. The molecule has 0 aliphatic carbocycles. The van der Waals surface area contributed by atoms with E-state index in [0.717, 1.165) is 27.4 Å². The van der Waals surface area contributed by atoms with Crippen LogP contribution in [-0.2, 0) is 20.9 Å². The molecular formula is C28H26N2O4. The van der Waals surface area contributed by atoms with Crippen molar-refractivity contribution in [3.05, 3.63) is 82.9 Å². The summed E-state index contributed by atoms with van der Waals surface area (Å²) in [6.45, 7) is 5.44. The molecule has 0 aliphatic rings. The number of nitrogens with zero attached hydrogens (tertiary/aromatic N) is 1. The Kier molecular flexibility index (Phi) is 6.41. The molecule has 0 fully saturated rings. The van der Waals surface area contributed by atoms with E-state index in [1.807, 2.05) is 72.2 Å². The van der Waals surface area contributed by atoms with Gasteiger partial charge in [-0.15, -0.1) is 0 Å². The Morgan fingerprint density at radius 2 is 1.50 bits per heavy atom. The van der Waals surface area contributed by atoms with Crippen molar-refractivity contribution in [3.63, 3.8) is 0 Å². The molecule has 0 spiro atoms. The van der Waals surface area contributed by atoms with E-state index in [9.17, 15) is 14.4 Å². The van der Waals surface area contributed by atoms with Crippen LogP contribution in [-0.4, -0.2) is 34.4 Å². The molecule has 0 unspecified atom stereocenters. The number of carbonyl (C=O) groups excluding carboxylic acids is 3. The van der Waals surface area contributed by atoms with Crippen LogP contribution in [0.3, 0.4) is 0 Å². The fourth-order valence-corrected chi connectivity index (χ4v) is 4.29. The average Bonchev–Trinajstić information content (AvgIpc) is 3.10. The zero-order valence-electron chi connectivity index (χ0n) is 19.5. The molecule has 4 rings (SSSR count). The molecule has 1 N–H and O–H groups in total. The number of benzene rings is 3. The van der Waals surface area contributed by atoms with E-state index in [1.165, 1.54) is 13.8 Å². The number of hydrogen-bond acceptors (Lipinski definition) is 5. The summed E-state index contributed by atoms with van der Waals surface area (Å²) >= 11 is 0. The number of esters is 1. The van der Waals surface area contributed by atoms with Crippen LogP contribution in [0.25, 0.3) is 21.8 Å². The lowest BCUT2D eigenvalue weighted by atomic mass is 9.97. The maximum atomic E-state index is 13.3. The highest BCUT2D eigenvalue weighted by molar-refractivity contribution is 6.17. The van der Waals surface area contributed by atoms with Crippen LogP contribution in [0.2, 0.25) is 0 Å². The van der Waals surface area contributed by atoms with Gasteiger partial charge in [0.05, 0.1) is 6.54 Å². The Balaban J connectivity index is 1.87. The van der Waals surface area contributed by atoms with Crippen LogP contribution >= 0.6 is 0 Å². The number of hydrogen-bond donors (Lipinski definition) is 1. The van der Waals surface area contributed by atoms with Crippen LogP contribution in [0.1, 0.15) is 47.3 Å². The first-order chi connectivity index (χ1) is 16.3. The van der Waals surface area contributed by atoms with Gasteiger partial charge in [0.15, 0.2) is 5.78 Å². The monoisotopic (exact) mass is 454 g/mol. The topological polar surface area (TPSA) is 89.2 Å². The molecule has 0 saturated heterocycles. The van der Waals surface area contributed by atoms with Crippen LogP contribution in [0.4, 0.5) is 0 Å². The van der Waals surface area contributed by atoms with Gasteiger partial charge < -0.3 is 14.7 Å². The summed E-state index contributed by atoms with van der Waals surface area (Å²) in [4.78, 5) is 36.1. The Labute approximate surface area is 197 Å². The molecule has 0 radical (unpaired) electrons. The van der Waals surface area contributed by atoms with Gasteiger partial charge in [-0.25, -0.2) is 0 Å².